The van der Waals surface area contributed by atoms with Crippen molar-refractivity contribution in [1.82, 2.24) is 9.78 Å². The number of benzene rings is 1. The molecule has 1 heterocycles. The molecule has 0 spiro atoms. The van der Waals surface area contributed by atoms with Gasteiger partial charge in [-0.05, 0) is 25.1 Å². The van der Waals surface area contributed by atoms with Crippen LogP contribution in [-0.4, -0.2) is 23.9 Å². The molecule has 0 aliphatic carbocycles. The zero-order valence-electron chi connectivity index (χ0n) is 10.2. The molecule has 4 heteroatoms. The molecule has 1 aromatic heterocycles. The van der Waals surface area contributed by atoms with Crippen molar-refractivity contribution >= 4 is 5.69 Å². The Morgan fingerprint density at radius 3 is 2.41 bits per heavy atom. The Morgan fingerprint density at radius 1 is 1.18 bits per heavy atom. The van der Waals surface area contributed by atoms with Crippen molar-refractivity contribution < 1.29 is 0 Å². The van der Waals surface area contributed by atoms with E-state index in [1.807, 2.05) is 51.4 Å². The van der Waals surface area contributed by atoms with Crippen molar-refractivity contribution in [3.8, 4) is 5.69 Å². The molecule has 2 rings (SSSR count). The standard InChI is InChI=1S/C13H15N3O/c1-10-9-12(15(2)3)13(17)16(14-10)11-7-5-4-6-8-11/h4-9H,1-3H3. The topological polar surface area (TPSA) is 38.1 Å². The van der Waals surface area contributed by atoms with E-state index in [0.717, 1.165) is 11.4 Å². The van der Waals surface area contributed by atoms with Crippen LogP contribution in [0.3, 0.4) is 0 Å². The van der Waals surface area contributed by atoms with Crippen LogP contribution in [0.4, 0.5) is 5.69 Å². The minimum Gasteiger partial charge on any atom is -0.373 e. The van der Waals surface area contributed by atoms with E-state index in [0.29, 0.717) is 5.69 Å². The zero-order valence-corrected chi connectivity index (χ0v) is 10.2. The summed E-state index contributed by atoms with van der Waals surface area (Å²) < 4.78 is 1.44. The van der Waals surface area contributed by atoms with Gasteiger partial charge < -0.3 is 4.90 Å². The van der Waals surface area contributed by atoms with Crippen LogP contribution in [-0.2, 0) is 0 Å². The van der Waals surface area contributed by atoms with Crippen LogP contribution in [0.15, 0.2) is 41.2 Å². The molecule has 0 bridgehead atoms. The first-order valence-electron chi connectivity index (χ1n) is 5.43. The van der Waals surface area contributed by atoms with Gasteiger partial charge in [0.05, 0.1) is 11.4 Å². The lowest BCUT2D eigenvalue weighted by Gasteiger charge is -2.14. The van der Waals surface area contributed by atoms with Crippen LogP contribution >= 0.6 is 0 Å². The number of hydrogen-bond acceptors (Lipinski definition) is 3. The maximum absolute atomic E-state index is 12.2. The Balaban J connectivity index is 2.67. The Kier molecular flexibility index (Phi) is 2.95. The zero-order chi connectivity index (χ0) is 12.4. The van der Waals surface area contributed by atoms with Gasteiger partial charge in [-0.25, -0.2) is 0 Å². The molecule has 0 radical (unpaired) electrons. The minimum atomic E-state index is -0.105. The summed E-state index contributed by atoms with van der Waals surface area (Å²) >= 11 is 0. The maximum atomic E-state index is 12.2. The van der Waals surface area contributed by atoms with E-state index < -0.39 is 0 Å². The molecule has 0 saturated heterocycles. The van der Waals surface area contributed by atoms with E-state index in [4.69, 9.17) is 0 Å². The lowest BCUT2D eigenvalue weighted by molar-refractivity contribution is 0.780. The van der Waals surface area contributed by atoms with Crippen molar-refractivity contribution in [2.45, 2.75) is 6.92 Å². The molecule has 0 atom stereocenters. The molecule has 4 nitrogen and oxygen atoms in total. The fourth-order valence-corrected chi connectivity index (χ4v) is 1.66. The Labute approximate surface area is 100 Å². The SMILES string of the molecule is Cc1cc(N(C)C)c(=O)n(-c2ccccc2)n1. The number of aryl methyl sites for hydroxylation is 1. The lowest BCUT2D eigenvalue weighted by atomic mass is 10.3. The maximum Gasteiger partial charge on any atom is 0.295 e. The van der Waals surface area contributed by atoms with Crippen LogP contribution in [0.1, 0.15) is 5.69 Å². The monoisotopic (exact) mass is 229 g/mol. The normalized spacial score (nSPS) is 10.3. The predicted octanol–water partition coefficient (Wildman–Crippen LogP) is 1.61. The summed E-state index contributed by atoms with van der Waals surface area (Å²) in [5.41, 5.74) is 2.13. The number of aromatic nitrogens is 2. The fraction of sp³-hybridized carbons (Fsp3) is 0.231. The summed E-state index contributed by atoms with van der Waals surface area (Å²) in [6.07, 6.45) is 0. The second kappa shape index (κ2) is 4.41. The molecule has 88 valence electrons. The van der Waals surface area contributed by atoms with E-state index in [1.165, 1.54) is 4.68 Å². The van der Waals surface area contributed by atoms with Crippen LogP contribution < -0.4 is 10.5 Å². The number of nitrogens with zero attached hydrogens (tertiary/aromatic N) is 3. The van der Waals surface area contributed by atoms with Crippen LogP contribution in [0.2, 0.25) is 0 Å². The highest BCUT2D eigenvalue weighted by Gasteiger charge is 2.09. The molecule has 0 amide bonds. The third-order valence-corrected chi connectivity index (χ3v) is 2.50. The highest BCUT2D eigenvalue weighted by atomic mass is 16.1. The average Bonchev–Trinajstić information content (AvgIpc) is 2.32. The summed E-state index contributed by atoms with van der Waals surface area (Å²) in [6.45, 7) is 1.88. The van der Waals surface area contributed by atoms with Gasteiger partial charge in [0.15, 0.2) is 0 Å². The predicted molar refractivity (Wildman–Crippen MR) is 68.9 cm³/mol. The largest absolute Gasteiger partial charge is 0.373 e. The molecular weight excluding hydrogens is 214 g/mol. The van der Waals surface area contributed by atoms with Crippen molar-refractivity contribution in [3.05, 3.63) is 52.4 Å². The minimum absolute atomic E-state index is 0.105. The van der Waals surface area contributed by atoms with Gasteiger partial charge in [-0.3, -0.25) is 4.79 Å². The molecule has 17 heavy (non-hydrogen) atoms. The van der Waals surface area contributed by atoms with Crippen molar-refractivity contribution in [1.29, 1.82) is 0 Å². The first kappa shape index (κ1) is 11.4. The van der Waals surface area contributed by atoms with Crippen LogP contribution in [0.25, 0.3) is 5.69 Å². The van der Waals surface area contributed by atoms with Gasteiger partial charge in [0.2, 0.25) is 0 Å². The molecule has 2 aromatic rings. The smallest absolute Gasteiger partial charge is 0.295 e. The van der Waals surface area contributed by atoms with Gasteiger partial charge in [0.1, 0.15) is 5.69 Å². The first-order chi connectivity index (χ1) is 8.09. The molecule has 0 unspecified atom stereocenters. The number of anilines is 1. The molecule has 0 fully saturated rings. The Morgan fingerprint density at radius 2 is 1.82 bits per heavy atom. The van der Waals surface area contributed by atoms with E-state index >= 15 is 0 Å². The lowest BCUT2D eigenvalue weighted by Crippen LogP contribution is -2.28. The van der Waals surface area contributed by atoms with Crippen molar-refractivity contribution in [2.24, 2.45) is 0 Å². The van der Waals surface area contributed by atoms with E-state index in [2.05, 4.69) is 5.10 Å². The second-order valence-corrected chi connectivity index (χ2v) is 4.12. The quantitative estimate of drug-likeness (QED) is 0.785. The van der Waals surface area contributed by atoms with Gasteiger partial charge in [-0.2, -0.15) is 9.78 Å². The number of rotatable bonds is 2. The van der Waals surface area contributed by atoms with Crippen molar-refractivity contribution in [2.75, 3.05) is 19.0 Å². The third-order valence-electron chi connectivity index (χ3n) is 2.50. The summed E-state index contributed by atoms with van der Waals surface area (Å²) in [5.74, 6) is 0. The Bertz CT molecular complexity index is 573. The first-order valence-corrected chi connectivity index (χ1v) is 5.43. The number of hydrogen-bond donors (Lipinski definition) is 0. The average molecular weight is 229 g/mol. The number of para-hydroxylation sites is 1. The van der Waals surface area contributed by atoms with E-state index in [1.54, 1.807) is 11.0 Å². The third kappa shape index (κ3) is 2.20. The van der Waals surface area contributed by atoms with Crippen LogP contribution in [0, 0.1) is 6.92 Å². The van der Waals surface area contributed by atoms with Gasteiger partial charge in [0.25, 0.3) is 5.56 Å². The van der Waals surface area contributed by atoms with E-state index in [9.17, 15) is 4.79 Å². The van der Waals surface area contributed by atoms with E-state index in [-0.39, 0.29) is 5.56 Å². The molecule has 0 aliphatic rings. The fourth-order valence-electron chi connectivity index (χ4n) is 1.66. The highest BCUT2D eigenvalue weighted by molar-refractivity contribution is 5.45. The molecule has 1 aromatic carbocycles. The second-order valence-electron chi connectivity index (χ2n) is 4.12. The summed E-state index contributed by atoms with van der Waals surface area (Å²) in [7, 11) is 3.71. The molecular formula is C13H15N3O. The molecule has 0 N–H and O–H groups in total. The summed E-state index contributed by atoms with van der Waals surface area (Å²) in [4.78, 5) is 14.0. The van der Waals surface area contributed by atoms with Crippen LogP contribution in [0.5, 0.6) is 0 Å². The van der Waals surface area contributed by atoms with Gasteiger partial charge in [0, 0.05) is 14.1 Å². The van der Waals surface area contributed by atoms with Gasteiger partial charge in [-0.1, -0.05) is 18.2 Å². The highest BCUT2D eigenvalue weighted by Crippen LogP contribution is 2.08. The summed E-state index contributed by atoms with van der Waals surface area (Å²) in [5, 5.41) is 4.26. The Hall–Kier alpha value is -2.10. The summed E-state index contributed by atoms with van der Waals surface area (Å²) in [6, 6.07) is 11.2. The van der Waals surface area contributed by atoms with Gasteiger partial charge in [-0.15, -0.1) is 0 Å². The molecule has 0 saturated carbocycles. The van der Waals surface area contributed by atoms with Crippen molar-refractivity contribution in [3.63, 3.8) is 0 Å². The van der Waals surface area contributed by atoms with Gasteiger partial charge >= 0.3 is 0 Å². The molecule has 0 aliphatic heterocycles.